The van der Waals surface area contributed by atoms with Crippen molar-refractivity contribution >= 4 is 49.8 Å². The summed E-state index contributed by atoms with van der Waals surface area (Å²) < 4.78 is 0.930. The Morgan fingerprint density at radius 3 is 2.63 bits per heavy atom. The van der Waals surface area contributed by atoms with Gasteiger partial charge in [-0.25, -0.2) is 4.98 Å². The van der Waals surface area contributed by atoms with Crippen LogP contribution in [0.5, 0.6) is 0 Å². The third-order valence-electron chi connectivity index (χ3n) is 4.11. The minimum atomic E-state index is -0.0400. The van der Waals surface area contributed by atoms with Gasteiger partial charge in [0.1, 0.15) is 5.82 Å². The van der Waals surface area contributed by atoms with Crippen LogP contribution in [0.4, 0.5) is 17.2 Å². The Bertz CT molecular complexity index is 956. The number of fused-ring (bicyclic) bond motifs is 1. The number of carbonyl (C=O) groups is 1. The molecule has 2 heterocycles. The van der Waals surface area contributed by atoms with Crippen LogP contribution in [0.2, 0.25) is 0 Å². The first kappa shape index (κ1) is 19.3. The van der Waals surface area contributed by atoms with Gasteiger partial charge in [-0.2, -0.15) is 0 Å². The molecule has 0 radical (unpaired) electrons. The van der Waals surface area contributed by atoms with Gasteiger partial charge in [-0.1, -0.05) is 15.9 Å². The van der Waals surface area contributed by atoms with Gasteiger partial charge in [-0.05, 0) is 51.4 Å². The van der Waals surface area contributed by atoms with Gasteiger partial charge in [-0.15, -0.1) is 0 Å². The minimum Gasteiger partial charge on any atom is -0.369 e. The van der Waals surface area contributed by atoms with Crippen molar-refractivity contribution in [1.29, 1.82) is 0 Å². The summed E-state index contributed by atoms with van der Waals surface area (Å²) in [6.45, 7) is 3.30. The fourth-order valence-corrected chi connectivity index (χ4v) is 3.05. The van der Waals surface area contributed by atoms with Gasteiger partial charge >= 0.3 is 0 Å². The van der Waals surface area contributed by atoms with Crippen LogP contribution in [0.1, 0.15) is 17.3 Å². The maximum Gasteiger partial charge on any atom is 0.163 e. The summed E-state index contributed by atoms with van der Waals surface area (Å²) in [5.74, 6) is 0.776. The predicted molar refractivity (Wildman–Crippen MR) is 114 cm³/mol. The summed E-state index contributed by atoms with van der Waals surface area (Å²) in [7, 11) is 4.07. The van der Waals surface area contributed by atoms with E-state index >= 15 is 0 Å². The Balaban J connectivity index is 1.88. The summed E-state index contributed by atoms with van der Waals surface area (Å²) in [5.41, 5.74) is 2.92. The summed E-state index contributed by atoms with van der Waals surface area (Å²) >= 11 is 3.49. The smallest absolute Gasteiger partial charge is 0.163 e. The second kappa shape index (κ2) is 8.45. The maximum atomic E-state index is 12.1. The lowest BCUT2D eigenvalue weighted by molar-refractivity contribution is 0.101. The summed E-state index contributed by atoms with van der Waals surface area (Å²) in [6.07, 6.45) is 3.37. The molecule has 0 saturated heterocycles. The van der Waals surface area contributed by atoms with Crippen molar-refractivity contribution < 1.29 is 4.79 Å². The molecule has 140 valence electrons. The number of anilines is 3. The second-order valence-corrected chi connectivity index (χ2v) is 7.47. The third kappa shape index (κ3) is 4.81. The molecule has 0 aliphatic heterocycles. The molecular formula is C20H22BrN5O. The zero-order valence-corrected chi connectivity index (χ0v) is 17.2. The van der Waals surface area contributed by atoms with Gasteiger partial charge in [0.05, 0.1) is 28.7 Å². The number of aromatic nitrogens is 2. The van der Waals surface area contributed by atoms with Crippen LogP contribution in [0.3, 0.4) is 0 Å². The van der Waals surface area contributed by atoms with Crippen LogP contribution in [0.25, 0.3) is 10.9 Å². The number of rotatable bonds is 7. The lowest BCUT2D eigenvalue weighted by Crippen LogP contribution is -2.21. The standard InChI is InChI=1S/C20H22BrN5O/c1-13(27)17-12-23-18-6-4-14(21)10-16(18)20(17)25-15-5-7-19(24-11-15)22-8-9-26(2)3/h4-7,10-12H,8-9H2,1-3H3,(H,22,24)(H,23,25). The van der Waals surface area contributed by atoms with E-state index in [1.54, 1.807) is 19.3 Å². The number of pyridine rings is 2. The van der Waals surface area contributed by atoms with E-state index in [0.29, 0.717) is 5.56 Å². The molecule has 6 nitrogen and oxygen atoms in total. The van der Waals surface area contributed by atoms with Gasteiger partial charge in [-0.3, -0.25) is 9.78 Å². The molecule has 0 bridgehead atoms. The molecule has 7 heteroatoms. The first-order chi connectivity index (χ1) is 12.9. The first-order valence-corrected chi connectivity index (χ1v) is 9.44. The monoisotopic (exact) mass is 427 g/mol. The lowest BCUT2D eigenvalue weighted by atomic mass is 10.1. The molecule has 0 fully saturated rings. The number of Topliss-reactive ketones (excluding diaryl/α,β-unsaturated/α-hetero) is 1. The van der Waals surface area contributed by atoms with Crippen molar-refractivity contribution in [3.63, 3.8) is 0 Å². The zero-order chi connectivity index (χ0) is 19.4. The highest BCUT2D eigenvalue weighted by molar-refractivity contribution is 9.10. The van der Waals surface area contributed by atoms with Crippen LogP contribution >= 0.6 is 15.9 Å². The highest BCUT2D eigenvalue weighted by Crippen LogP contribution is 2.31. The van der Waals surface area contributed by atoms with Crippen molar-refractivity contribution in [2.75, 3.05) is 37.8 Å². The first-order valence-electron chi connectivity index (χ1n) is 8.65. The van der Waals surface area contributed by atoms with E-state index in [2.05, 4.69) is 41.4 Å². The number of halogens is 1. The molecular weight excluding hydrogens is 406 g/mol. The van der Waals surface area contributed by atoms with E-state index in [9.17, 15) is 4.79 Å². The van der Waals surface area contributed by atoms with Crippen molar-refractivity contribution in [3.05, 3.63) is 52.8 Å². The van der Waals surface area contributed by atoms with Gasteiger partial charge in [0.15, 0.2) is 5.78 Å². The molecule has 0 spiro atoms. The fraction of sp³-hybridized carbons (Fsp3) is 0.250. The molecule has 0 amide bonds. The molecule has 0 atom stereocenters. The van der Waals surface area contributed by atoms with Crippen molar-refractivity contribution in [2.45, 2.75) is 6.92 Å². The van der Waals surface area contributed by atoms with Crippen LogP contribution in [-0.4, -0.2) is 47.8 Å². The zero-order valence-electron chi connectivity index (χ0n) is 15.6. The third-order valence-corrected chi connectivity index (χ3v) is 4.60. The van der Waals surface area contributed by atoms with Gasteiger partial charge < -0.3 is 15.5 Å². The molecule has 2 aromatic heterocycles. The number of hydrogen-bond acceptors (Lipinski definition) is 6. The van der Waals surface area contributed by atoms with E-state index in [1.165, 1.54) is 0 Å². The van der Waals surface area contributed by atoms with Crippen molar-refractivity contribution in [1.82, 2.24) is 14.9 Å². The molecule has 1 aromatic carbocycles. The van der Waals surface area contributed by atoms with E-state index in [1.807, 2.05) is 44.4 Å². The fourth-order valence-electron chi connectivity index (χ4n) is 2.69. The molecule has 0 unspecified atom stereocenters. The van der Waals surface area contributed by atoms with Gasteiger partial charge in [0.2, 0.25) is 0 Å². The Hall–Kier alpha value is -2.51. The van der Waals surface area contributed by atoms with E-state index < -0.39 is 0 Å². The highest BCUT2D eigenvalue weighted by atomic mass is 79.9. The molecule has 3 rings (SSSR count). The number of likely N-dealkylation sites (N-methyl/N-ethyl adjacent to an activating group) is 1. The lowest BCUT2D eigenvalue weighted by Gasteiger charge is -2.14. The summed E-state index contributed by atoms with van der Waals surface area (Å²) in [4.78, 5) is 23.0. The number of benzene rings is 1. The van der Waals surface area contributed by atoms with E-state index in [-0.39, 0.29) is 5.78 Å². The average Bonchev–Trinajstić information content (AvgIpc) is 2.63. The Labute approximate surface area is 167 Å². The number of ketones is 1. The second-order valence-electron chi connectivity index (χ2n) is 6.55. The Kier molecular flexibility index (Phi) is 6.03. The SMILES string of the molecule is CC(=O)c1cnc2ccc(Br)cc2c1Nc1ccc(NCCN(C)C)nc1. The van der Waals surface area contributed by atoms with Crippen LogP contribution in [0.15, 0.2) is 47.2 Å². The highest BCUT2D eigenvalue weighted by Gasteiger charge is 2.13. The van der Waals surface area contributed by atoms with Gasteiger partial charge in [0, 0.05) is 29.1 Å². The largest absolute Gasteiger partial charge is 0.369 e. The quantitative estimate of drug-likeness (QED) is 0.547. The van der Waals surface area contributed by atoms with E-state index in [4.69, 9.17) is 0 Å². The molecule has 0 saturated carbocycles. The van der Waals surface area contributed by atoms with Crippen LogP contribution in [0, 0.1) is 0 Å². The maximum absolute atomic E-state index is 12.1. The van der Waals surface area contributed by atoms with E-state index in [0.717, 1.165) is 45.7 Å². The molecule has 27 heavy (non-hydrogen) atoms. The number of carbonyl (C=O) groups excluding carboxylic acids is 1. The molecule has 2 N–H and O–H groups in total. The summed E-state index contributed by atoms with van der Waals surface area (Å²) in [6, 6.07) is 9.68. The van der Waals surface area contributed by atoms with Crippen molar-refractivity contribution in [3.8, 4) is 0 Å². The Morgan fingerprint density at radius 1 is 1.15 bits per heavy atom. The average molecular weight is 428 g/mol. The number of nitrogens with zero attached hydrogens (tertiary/aromatic N) is 3. The topological polar surface area (TPSA) is 70.2 Å². The Morgan fingerprint density at radius 2 is 1.96 bits per heavy atom. The normalized spacial score (nSPS) is 11.0. The number of nitrogens with one attached hydrogen (secondary N) is 2. The minimum absolute atomic E-state index is 0.0400. The molecule has 0 aliphatic carbocycles. The molecule has 3 aromatic rings. The summed E-state index contributed by atoms with van der Waals surface area (Å²) in [5, 5.41) is 7.51. The van der Waals surface area contributed by atoms with Crippen molar-refractivity contribution in [2.24, 2.45) is 0 Å². The molecule has 0 aliphatic rings. The predicted octanol–water partition coefficient (Wildman–Crippen LogP) is 4.31. The van der Waals surface area contributed by atoms with Crippen LogP contribution in [-0.2, 0) is 0 Å². The number of hydrogen-bond donors (Lipinski definition) is 2. The van der Waals surface area contributed by atoms with Gasteiger partial charge in [0.25, 0.3) is 0 Å². The van der Waals surface area contributed by atoms with Crippen LogP contribution < -0.4 is 10.6 Å².